The normalized spacial score (nSPS) is 10.6. The lowest BCUT2D eigenvalue weighted by molar-refractivity contribution is 0.355. The maximum atomic E-state index is 14.0. The van der Waals surface area contributed by atoms with Crippen LogP contribution in [0, 0.1) is 5.82 Å². The minimum atomic E-state index is -0.386. The highest BCUT2D eigenvalue weighted by atomic mass is 79.9. The number of halogens is 2. The first-order chi connectivity index (χ1) is 11.1. The molecule has 0 bridgehead atoms. The third kappa shape index (κ3) is 3.05. The Morgan fingerprint density at radius 2 is 1.83 bits per heavy atom. The zero-order valence-corrected chi connectivity index (χ0v) is 14.0. The Bertz CT molecular complexity index is 851. The minimum Gasteiger partial charge on any atom is -0.493 e. The van der Waals surface area contributed by atoms with Crippen molar-refractivity contribution in [1.82, 2.24) is 15.0 Å². The van der Waals surface area contributed by atoms with Crippen molar-refractivity contribution in [3.63, 3.8) is 0 Å². The minimum absolute atomic E-state index is 0.326. The Morgan fingerprint density at radius 1 is 1.04 bits per heavy atom. The van der Waals surface area contributed by atoms with Gasteiger partial charge < -0.3 is 9.47 Å². The van der Waals surface area contributed by atoms with Gasteiger partial charge in [0.1, 0.15) is 17.2 Å². The zero-order valence-electron chi connectivity index (χ0n) is 12.5. The molecule has 5 nitrogen and oxygen atoms in total. The Labute approximate surface area is 140 Å². The lowest BCUT2D eigenvalue weighted by Crippen LogP contribution is -1.98. The van der Waals surface area contributed by atoms with Gasteiger partial charge in [0, 0.05) is 10.0 Å². The summed E-state index contributed by atoms with van der Waals surface area (Å²) in [6.07, 6.45) is 1.66. The second-order valence-electron chi connectivity index (χ2n) is 4.71. The number of hydrogen-bond acceptors (Lipinski definition) is 4. The lowest BCUT2D eigenvalue weighted by atomic mass is 10.1. The van der Waals surface area contributed by atoms with E-state index in [4.69, 9.17) is 9.47 Å². The molecule has 3 aromatic rings. The van der Waals surface area contributed by atoms with E-state index in [0.29, 0.717) is 27.4 Å². The van der Waals surface area contributed by atoms with Crippen LogP contribution in [0.5, 0.6) is 11.5 Å². The molecule has 23 heavy (non-hydrogen) atoms. The van der Waals surface area contributed by atoms with Crippen molar-refractivity contribution in [2.24, 2.45) is 0 Å². The molecule has 0 fully saturated rings. The predicted octanol–water partition coefficient (Wildman–Crippen LogP) is 3.85. The summed E-state index contributed by atoms with van der Waals surface area (Å²) < 4.78 is 26.6. The van der Waals surface area contributed by atoms with Crippen LogP contribution >= 0.6 is 15.9 Å². The van der Waals surface area contributed by atoms with Crippen molar-refractivity contribution in [2.75, 3.05) is 14.2 Å². The van der Waals surface area contributed by atoms with Gasteiger partial charge in [-0.25, -0.2) is 9.07 Å². The number of aromatic nitrogens is 3. The molecule has 7 heteroatoms. The molecule has 2 aromatic carbocycles. The quantitative estimate of drug-likeness (QED) is 0.692. The Kier molecular flexibility index (Phi) is 4.29. The van der Waals surface area contributed by atoms with Crippen LogP contribution < -0.4 is 9.47 Å². The summed E-state index contributed by atoms with van der Waals surface area (Å²) in [5.41, 5.74) is 1.73. The number of ether oxygens (including phenoxy) is 2. The smallest absolute Gasteiger partial charge is 0.161 e. The van der Waals surface area contributed by atoms with Crippen molar-refractivity contribution >= 4 is 15.9 Å². The van der Waals surface area contributed by atoms with Gasteiger partial charge >= 0.3 is 0 Å². The number of hydrogen-bond donors (Lipinski definition) is 0. The molecule has 0 unspecified atom stereocenters. The van der Waals surface area contributed by atoms with Crippen LogP contribution in [0.1, 0.15) is 0 Å². The second-order valence-corrected chi connectivity index (χ2v) is 5.63. The van der Waals surface area contributed by atoms with E-state index >= 15 is 0 Å². The largest absolute Gasteiger partial charge is 0.493 e. The van der Waals surface area contributed by atoms with Crippen molar-refractivity contribution in [3.05, 3.63) is 52.9 Å². The molecule has 1 aromatic heterocycles. The summed E-state index contributed by atoms with van der Waals surface area (Å²) in [5.74, 6) is 0.833. The van der Waals surface area contributed by atoms with Gasteiger partial charge in [-0.05, 0) is 36.4 Å². The summed E-state index contributed by atoms with van der Waals surface area (Å²) in [5, 5.41) is 8.09. The molecule has 0 spiro atoms. The summed E-state index contributed by atoms with van der Waals surface area (Å²) in [6, 6.07) is 10.2. The van der Waals surface area contributed by atoms with Crippen LogP contribution in [0.15, 0.2) is 47.1 Å². The number of benzene rings is 2. The van der Waals surface area contributed by atoms with Crippen LogP contribution in [0.2, 0.25) is 0 Å². The van der Waals surface area contributed by atoms with Crippen LogP contribution in [0.25, 0.3) is 16.9 Å². The molecular formula is C16H13BrFN3O2. The van der Waals surface area contributed by atoms with E-state index in [-0.39, 0.29) is 5.82 Å². The fourth-order valence-electron chi connectivity index (χ4n) is 2.18. The molecule has 118 valence electrons. The average Bonchev–Trinajstić information content (AvgIpc) is 3.03. The summed E-state index contributed by atoms with van der Waals surface area (Å²) in [4.78, 5) is 0. The van der Waals surface area contributed by atoms with Gasteiger partial charge in [0.25, 0.3) is 0 Å². The highest BCUT2D eigenvalue weighted by Gasteiger charge is 2.12. The van der Waals surface area contributed by atoms with E-state index in [0.717, 1.165) is 5.56 Å². The van der Waals surface area contributed by atoms with Gasteiger partial charge in [0.05, 0.1) is 20.4 Å². The van der Waals surface area contributed by atoms with E-state index in [1.165, 1.54) is 10.7 Å². The van der Waals surface area contributed by atoms with Gasteiger partial charge in [-0.1, -0.05) is 21.1 Å². The lowest BCUT2D eigenvalue weighted by Gasteiger charge is -2.08. The standard InChI is InChI=1S/C16H13BrFN3O2/c1-22-15-6-3-10(7-16(15)23-2)13-9-21(20-19-13)14-5-4-11(17)8-12(14)18/h3-9H,1-2H3. The van der Waals surface area contributed by atoms with Crippen molar-refractivity contribution in [2.45, 2.75) is 0 Å². The van der Waals surface area contributed by atoms with Gasteiger partial charge in [0.2, 0.25) is 0 Å². The van der Waals surface area contributed by atoms with E-state index in [9.17, 15) is 4.39 Å². The molecule has 0 saturated carbocycles. The molecule has 0 radical (unpaired) electrons. The molecule has 0 amide bonds. The van der Waals surface area contributed by atoms with E-state index in [2.05, 4.69) is 26.2 Å². The molecule has 0 aliphatic carbocycles. The maximum Gasteiger partial charge on any atom is 0.161 e. The highest BCUT2D eigenvalue weighted by molar-refractivity contribution is 9.10. The zero-order chi connectivity index (χ0) is 16.4. The van der Waals surface area contributed by atoms with Gasteiger partial charge in [-0.2, -0.15) is 0 Å². The molecule has 0 aliphatic heterocycles. The SMILES string of the molecule is COc1ccc(-c2cn(-c3ccc(Br)cc3F)nn2)cc1OC. The van der Waals surface area contributed by atoms with Crippen molar-refractivity contribution < 1.29 is 13.9 Å². The predicted molar refractivity (Wildman–Crippen MR) is 87.6 cm³/mol. The molecule has 0 N–H and O–H groups in total. The topological polar surface area (TPSA) is 49.2 Å². The number of nitrogens with zero attached hydrogens (tertiary/aromatic N) is 3. The van der Waals surface area contributed by atoms with E-state index < -0.39 is 0 Å². The number of rotatable bonds is 4. The highest BCUT2D eigenvalue weighted by Crippen LogP contribution is 2.31. The molecule has 1 heterocycles. The van der Waals surface area contributed by atoms with Crippen molar-refractivity contribution in [3.8, 4) is 28.4 Å². The summed E-state index contributed by atoms with van der Waals surface area (Å²) in [7, 11) is 3.14. The Morgan fingerprint density at radius 3 is 2.52 bits per heavy atom. The maximum absolute atomic E-state index is 14.0. The molecule has 0 saturated heterocycles. The van der Waals surface area contributed by atoms with Crippen LogP contribution in [0.3, 0.4) is 0 Å². The molecular weight excluding hydrogens is 365 g/mol. The first-order valence-corrected chi connectivity index (χ1v) is 7.52. The summed E-state index contributed by atoms with van der Waals surface area (Å²) in [6.45, 7) is 0. The van der Waals surface area contributed by atoms with E-state index in [1.807, 2.05) is 6.07 Å². The third-order valence-corrected chi connectivity index (χ3v) is 3.82. The van der Waals surface area contributed by atoms with Crippen LogP contribution in [-0.4, -0.2) is 29.2 Å². The fourth-order valence-corrected chi connectivity index (χ4v) is 2.51. The average molecular weight is 378 g/mol. The second kappa shape index (κ2) is 6.37. The number of methoxy groups -OCH3 is 2. The van der Waals surface area contributed by atoms with E-state index in [1.54, 1.807) is 44.7 Å². The van der Waals surface area contributed by atoms with Crippen LogP contribution in [0.4, 0.5) is 4.39 Å². The molecule has 0 aliphatic rings. The first-order valence-electron chi connectivity index (χ1n) is 6.72. The molecule has 3 rings (SSSR count). The van der Waals surface area contributed by atoms with Crippen LogP contribution in [-0.2, 0) is 0 Å². The summed E-state index contributed by atoms with van der Waals surface area (Å²) >= 11 is 3.23. The fraction of sp³-hybridized carbons (Fsp3) is 0.125. The Hall–Kier alpha value is -2.41. The first kappa shape index (κ1) is 15.5. The third-order valence-electron chi connectivity index (χ3n) is 3.33. The van der Waals surface area contributed by atoms with Gasteiger partial charge in [-0.15, -0.1) is 5.10 Å². The molecule has 0 atom stereocenters. The van der Waals surface area contributed by atoms with Gasteiger partial charge in [-0.3, -0.25) is 0 Å². The van der Waals surface area contributed by atoms with Crippen molar-refractivity contribution in [1.29, 1.82) is 0 Å². The van der Waals surface area contributed by atoms with Gasteiger partial charge in [0.15, 0.2) is 11.5 Å². The monoisotopic (exact) mass is 377 g/mol. The Balaban J connectivity index is 1.99.